The van der Waals surface area contributed by atoms with Crippen molar-refractivity contribution < 1.29 is 13.5 Å². The maximum atomic E-state index is 13.7. The Kier molecular flexibility index (Phi) is 4.06. The number of nitrogens with one attached hydrogen (secondary N) is 1. The minimum atomic E-state index is -0.365. The second-order valence-corrected chi connectivity index (χ2v) is 5.07. The van der Waals surface area contributed by atoms with Crippen LogP contribution in [0.25, 0.3) is 11.1 Å². The lowest BCUT2D eigenvalue weighted by molar-refractivity contribution is 0.385. The Balaban J connectivity index is 1.69. The van der Waals surface area contributed by atoms with Gasteiger partial charge in [0.05, 0.1) is 13.7 Å². The fourth-order valence-electron chi connectivity index (χ4n) is 2.31. The Morgan fingerprint density at radius 1 is 1.27 bits per heavy atom. The van der Waals surface area contributed by atoms with Gasteiger partial charge in [-0.2, -0.15) is 0 Å². The third-order valence-corrected chi connectivity index (χ3v) is 3.57. The molecule has 0 aliphatic carbocycles. The van der Waals surface area contributed by atoms with Gasteiger partial charge >= 0.3 is 0 Å². The molecule has 0 aliphatic rings. The zero-order valence-corrected chi connectivity index (χ0v) is 12.5. The van der Waals surface area contributed by atoms with Gasteiger partial charge in [-0.3, -0.25) is 0 Å². The molecule has 1 atom stereocenters. The maximum Gasteiger partial charge on any atom is 0.209 e. The van der Waals surface area contributed by atoms with Crippen molar-refractivity contribution in [2.75, 3.05) is 7.11 Å². The number of oxazole rings is 1. The van der Waals surface area contributed by atoms with Crippen molar-refractivity contribution in [3.63, 3.8) is 0 Å². The molecule has 0 aliphatic heterocycles. The molecule has 1 N–H and O–H groups in total. The Hall–Kier alpha value is -2.40. The number of benzene rings is 2. The molecule has 0 unspecified atom stereocenters. The first kappa shape index (κ1) is 14.5. The van der Waals surface area contributed by atoms with Gasteiger partial charge in [-0.25, -0.2) is 9.37 Å². The topological polar surface area (TPSA) is 47.3 Å². The van der Waals surface area contributed by atoms with Crippen molar-refractivity contribution in [3.05, 3.63) is 59.7 Å². The quantitative estimate of drug-likeness (QED) is 0.778. The molecule has 4 nitrogen and oxygen atoms in total. The first-order valence-electron chi connectivity index (χ1n) is 7.08. The van der Waals surface area contributed by atoms with Crippen molar-refractivity contribution in [3.8, 4) is 5.75 Å². The van der Waals surface area contributed by atoms with Crippen LogP contribution in [0.15, 0.2) is 46.9 Å². The van der Waals surface area contributed by atoms with E-state index in [1.54, 1.807) is 6.07 Å². The minimum Gasteiger partial charge on any atom is -0.494 e. The summed E-state index contributed by atoms with van der Waals surface area (Å²) in [5.41, 5.74) is 2.44. The van der Waals surface area contributed by atoms with E-state index in [0.717, 1.165) is 16.7 Å². The molecule has 3 rings (SSSR count). The van der Waals surface area contributed by atoms with E-state index in [1.807, 2.05) is 37.3 Å². The summed E-state index contributed by atoms with van der Waals surface area (Å²) in [4.78, 5) is 4.40. The van der Waals surface area contributed by atoms with E-state index in [0.29, 0.717) is 12.4 Å². The third kappa shape index (κ3) is 2.94. The van der Waals surface area contributed by atoms with Gasteiger partial charge in [-0.1, -0.05) is 18.2 Å². The number of methoxy groups -OCH3 is 1. The molecule has 114 valence electrons. The highest BCUT2D eigenvalue weighted by Gasteiger charge is 2.11. The first-order valence-corrected chi connectivity index (χ1v) is 7.08. The summed E-state index contributed by atoms with van der Waals surface area (Å²) in [6, 6.07) is 12.5. The van der Waals surface area contributed by atoms with Crippen LogP contribution in [0.1, 0.15) is 24.4 Å². The molecular formula is C17H17FN2O2. The Bertz CT molecular complexity index is 752. The van der Waals surface area contributed by atoms with E-state index in [1.165, 1.54) is 13.2 Å². The van der Waals surface area contributed by atoms with Crippen LogP contribution >= 0.6 is 0 Å². The van der Waals surface area contributed by atoms with Gasteiger partial charge in [-0.05, 0) is 36.8 Å². The number of aromatic nitrogens is 1. The zero-order chi connectivity index (χ0) is 15.5. The highest BCUT2D eigenvalue weighted by Crippen LogP contribution is 2.22. The van der Waals surface area contributed by atoms with Crippen LogP contribution in [0.4, 0.5) is 4.39 Å². The second-order valence-electron chi connectivity index (χ2n) is 5.07. The molecule has 0 bridgehead atoms. The van der Waals surface area contributed by atoms with Gasteiger partial charge in [-0.15, -0.1) is 0 Å². The van der Waals surface area contributed by atoms with Crippen LogP contribution in [0.3, 0.4) is 0 Å². The van der Waals surface area contributed by atoms with Gasteiger partial charge in [0.1, 0.15) is 5.52 Å². The number of hydrogen-bond acceptors (Lipinski definition) is 4. The number of fused-ring (bicyclic) bond motifs is 1. The van der Waals surface area contributed by atoms with Crippen LogP contribution in [0, 0.1) is 5.82 Å². The van der Waals surface area contributed by atoms with Crippen molar-refractivity contribution in [2.45, 2.75) is 19.5 Å². The smallest absolute Gasteiger partial charge is 0.209 e. The van der Waals surface area contributed by atoms with Crippen molar-refractivity contribution in [1.82, 2.24) is 10.3 Å². The molecule has 2 aromatic carbocycles. The molecule has 0 radical (unpaired) electrons. The number of hydrogen-bond donors (Lipinski definition) is 1. The molecule has 5 heteroatoms. The van der Waals surface area contributed by atoms with Crippen LogP contribution in [0.2, 0.25) is 0 Å². The number of rotatable bonds is 5. The summed E-state index contributed by atoms with van der Waals surface area (Å²) >= 11 is 0. The van der Waals surface area contributed by atoms with E-state index < -0.39 is 0 Å². The lowest BCUT2D eigenvalue weighted by Gasteiger charge is -2.14. The van der Waals surface area contributed by atoms with Gasteiger partial charge < -0.3 is 14.5 Å². The van der Waals surface area contributed by atoms with E-state index >= 15 is 0 Å². The molecule has 3 aromatic rings. The molecule has 0 spiro atoms. The van der Waals surface area contributed by atoms with Gasteiger partial charge in [0.15, 0.2) is 17.1 Å². The highest BCUT2D eigenvalue weighted by molar-refractivity contribution is 5.72. The molecule has 0 fully saturated rings. The molecular weight excluding hydrogens is 283 g/mol. The predicted octanol–water partition coefficient (Wildman–Crippen LogP) is 3.83. The lowest BCUT2D eigenvalue weighted by Crippen LogP contribution is -2.18. The SMILES string of the molecule is COc1ccc([C@@H](C)NCc2nc3ccccc3o2)cc1F. The standard InChI is InChI=1S/C17H17FN2O2/c1-11(12-7-8-15(21-2)13(18)9-12)19-10-17-20-14-5-3-4-6-16(14)22-17/h3-9,11,19H,10H2,1-2H3/t11-/m1/s1. The van der Waals surface area contributed by atoms with Crippen molar-refractivity contribution >= 4 is 11.1 Å². The number of para-hydroxylation sites is 2. The Morgan fingerprint density at radius 2 is 2.09 bits per heavy atom. The summed E-state index contributed by atoms with van der Waals surface area (Å²) in [5.74, 6) is 0.493. The predicted molar refractivity (Wildman–Crippen MR) is 82.2 cm³/mol. The number of ether oxygens (including phenoxy) is 1. The lowest BCUT2D eigenvalue weighted by atomic mass is 10.1. The van der Waals surface area contributed by atoms with Crippen LogP contribution < -0.4 is 10.1 Å². The zero-order valence-electron chi connectivity index (χ0n) is 12.5. The van der Waals surface area contributed by atoms with E-state index in [-0.39, 0.29) is 17.6 Å². The monoisotopic (exact) mass is 300 g/mol. The summed E-state index contributed by atoms with van der Waals surface area (Å²) in [6.07, 6.45) is 0. The van der Waals surface area contributed by atoms with E-state index in [9.17, 15) is 4.39 Å². The molecule has 0 amide bonds. The fraction of sp³-hybridized carbons (Fsp3) is 0.235. The molecule has 1 heterocycles. The van der Waals surface area contributed by atoms with Crippen LogP contribution in [-0.4, -0.2) is 12.1 Å². The highest BCUT2D eigenvalue weighted by atomic mass is 19.1. The minimum absolute atomic E-state index is 0.0320. The van der Waals surface area contributed by atoms with Gasteiger partial charge in [0.25, 0.3) is 0 Å². The van der Waals surface area contributed by atoms with Crippen LogP contribution in [0.5, 0.6) is 5.75 Å². The van der Waals surface area contributed by atoms with E-state index in [4.69, 9.17) is 9.15 Å². The number of nitrogens with zero attached hydrogens (tertiary/aromatic N) is 1. The average Bonchev–Trinajstić information content (AvgIpc) is 2.95. The van der Waals surface area contributed by atoms with Crippen LogP contribution in [-0.2, 0) is 6.54 Å². The Labute approximate surface area is 127 Å². The van der Waals surface area contributed by atoms with Crippen molar-refractivity contribution in [1.29, 1.82) is 0 Å². The van der Waals surface area contributed by atoms with Crippen molar-refractivity contribution in [2.24, 2.45) is 0 Å². The van der Waals surface area contributed by atoms with Gasteiger partial charge in [0.2, 0.25) is 5.89 Å². The van der Waals surface area contributed by atoms with E-state index in [2.05, 4.69) is 10.3 Å². The maximum absolute atomic E-state index is 13.7. The van der Waals surface area contributed by atoms with Gasteiger partial charge in [0, 0.05) is 6.04 Å². The Morgan fingerprint density at radius 3 is 2.82 bits per heavy atom. The second kappa shape index (κ2) is 6.15. The third-order valence-electron chi connectivity index (χ3n) is 3.57. The molecule has 0 saturated heterocycles. The molecule has 22 heavy (non-hydrogen) atoms. The normalized spacial score (nSPS) is 12.5. The first-order chi connectivity index (χ1) is 10.7. The average molecular weight is 300 g/mol. The summed E-state index contributed by atoms with van der Waals surface area (Å²) in [6.45, 7) is 2.44. The summed E-state index contributed by atoms with van der Waals surface area (Å²) < 4.78 is 24.3. The molecule has 1 aromatic heterocycles. The molecule has 0 saturated carbocycles. The summed E-state index contributed by atoms with van der Waals surface area (Å²) in [7, 11) is 1.45. The fourth-order valence-corrected chi connectivity index (χ4v) is 2.31. The summed E-state index contributed by atoms with van der Waals surface area (Å²) in [5, 5.41) is 3.28. The number of halogens is 1. The largest absolute Gasteiger partial charge is 0.494 e.